The SMILES string of the molecule is C=C1C=C[C@@H](C(C)CC(=O)C=C(C)C)CC1O. The first kappa shape index (κ1) is 13.9. The van der Waals surface area contributed by atoms with Crippen LogP contribution in [-0.4, -0.2) is 17.0 Å². The summed E-state index contributed by atoms with van der Waals surface area (Å²) in [5.41, 5.74) is 1.80. The van der Waals surface area contributed by atoms with Crippen LogP contribution >= 0.6 is 0 Å². The highest BCUT2D eigenvalue weighted by Gasteiger charge is 2.24. The van der Waals surface area contributed by atoms with Crippen LogP contribution in [0.5, 0.6) is 0 Å². The predicted molar refractivity (Wildman–Crippen MR) is 70.6 cm³/mol. The fraction of sp³-hybridized carbons (Fsp3) is 0.533. The molecule has 0 saturated heterocycles. The van der Waals surface area contributed by atoms with Crippen molar-refractivity contribution in [1.82, 2.24) is 0 Å². The van der Waals surface area contributed by atoms with Crippen molar-refractivity contribution in [3.8, 4) is 0 Å². The summed E-state index contributed by atoms with van der Waals surface area (Å²) in [7, 11) is 0. The van der Waals surface area contributed by atoms with Gasteiger partial charge in [0.1, 0.15) is 0 Å². The van der Waals surface area contributed by atoms with E-state index in [0.717, 1.165) is 11.1 Å². The molecule has 0 fully saturated rings. The van der Waals surface area contributed by atoms with Crippen molar-refractivity contribution in [2.75, 3.05) is 0 Å². The minimum absolute atomic E-state index is 0.171. The normalized spacial score (nSPS) is 25.5. The topological polar surface area (TPSA) is 37.3 Å². The van der Waals surface area contributed by atoms with Crippen LogP contribution in [0.25, 0.3) is 0 Å². The molecule has 1 rings (SSSR count). The smallest absolute Gasteiger partial charge is 0.155 e. The Morgan fingerprint density at radius 3 is 2.82 bits per heavy atom. The van der Waals surface area contributed by atoms with E-state index in [4.69, 9.17) is 0 Å². The highest BCUT2D eigenvalue weighted by atomic mass is 16.3. The van der Waals surface area contributed by atoms with Gasteiger partial charge in [-0.05, 0) is 43.8 Å². The van der Waals surface area contributed by atoms with Crippen molar-refractivity contribution in [2.45, 2.75) is 39.7 Å². The predicted octanol–water partition coefficient (Wildman–Crippen LogP) is 3.04. The maximum absolute atomic E-state index is 11.7. The minimum atomic E-state index is -0.453. The zero-order chi connectivity index (χ0) is 13.0. The molecule has 94 valence electrons. The van der Waals surface area contributed by atoms with Crippen molar-refractivity contribution in [2.24, 2.45) is 11.8 Å². The van der Waals surface area contributed by atoms with Crippen molar-refractivity contribution >= 4 is 5.78 Å². The standard InChI is InChI=1S/C15H22O2/c1-10(2)7-14(16)8-12(4)13-6-5-11(3)15(17)9-13/h5-7,12-13,15,17H,3,8-9H2,1-2,4H3/t12?,13-,15?/m1/s1. The Morgan fingerprint density at radius 2 is 2.29 bits per heavy atom. The van der Waals surface area contributed by atoms with Crippen LogP contribution in [0.15, 0.2) is 36.0 Å². The molecule has 17 heavy (non-hydrogen) atoms. The molecule has 0 bridgehead atoms. The van der Waals surface area contributed by atoms with E-state index in [1.807, 2.05) is 19.9 Å². The molecule has 2 nitrogen and oxygen atoms in total. The second kappa shape index (κ2) is 5.97. The molecule has 0 spiro atoms. The second-order valence-electron chi connectivity index (χ2n) is 5.22. The quantitative estimate of drug-likeness (QED) is 0.759. The zero-order valence-corrected chi connectivity index (χ0v) is 10.9. The molecule has 0 aromatic carbocycles. The number of allylic oxidation sites excluding steroid dienone is 3. The number of aliphatic hydroxyl groups excluding tert-OH is 1. The van der Waals surface area contributed by atoms with E-state index >= 15 is 0 Å². The van der Waals surface area contributed by atoms with Crippen molar-refractivity contribution in [3.63, 3.8) is 0 Å². The van der Waals surface area contributed by atoms with E-state index in [9.17, 15) is 9.90 Å². The number of hydrogen-bond acceptors (Lipinski definition) is 2. The van der Waals surface area contributed by atoms with Gasteiger partial charge in [0, 0.05) is 6.42 Å². The Bertz CT molecular complexity index is 359. The third kappa shape index (κ3) is 4.31. The van der Waals surface area contributed by atoms with Crippen LogP contribution in [0.4, 0.5) is 0 Å². The van der Waals surface area contributed by atoms with E-state index in [0.29, 0.717) is 12.8 Å². The van der Waals surface area contributed by atoms with Gasteiger partial charge in [0.2, 0.25) is 0 Å². The summed E-state index contributed by atoms with van der Waals surface area (Å²) >= 11 is 0. The molecular weight excluding hydrogens is 212 g/mol. The summed E-state index contributed by atoms with van der Waals surface area (Å²) in [6.07, 6.45) is 6.40. The first-order valence-electron chi connectivity index (χ1n) is 6.13. The molecule has 0 aliphatic heterocycles. The van der Waals surface area contributed by atoms with Gasteiger partial charge in [-0.1, -0.05) is 31.2 Å². The first-order chi connectivity index (χ1) is 7.90. The highest BCUT2D eigenvalue weighted by molar-refractivity contribution is 5.90. The molecule has 0 amide bonds. The van der Waals surface area contributed by atoms with Gasteiger partial charge in [0.05, 0.1) is 6.10 Å². The molecule has 0 saturated carbocycles. The molecular formula is C15H22O2. The number of hydrogen-bond donors (Lipinski definition) is 1. The van der Waals surface area contributed by atoms with Crippen molar-refractivity contribution in [1.29, 1.82) is 0 Å². The molecule has 0 heterocycles. The molecule has 0 aromatic rings. The summed E-state index contributed by atoms with van der Waals surface area (Å²) in [6, 6.07) is 0. The van der Waals surface area contributed by atoms with Crippen LogP contribution < -0.4 is 0 Å². The number of rotatable bonds is 4. The third-order valence-corrected chi connectivity index (χ3v) is 3.18. The fourth-order valence-corrected chi connectivity index (χ4v) is 2.12. The average molecular weight is 234 g/mol. The molecule has 2 heteroatoms. The lowest BCUT2D eigenvalue weighted by Crippen LogP contribution is -2.23. The lowest BCUT2D eigenvalue weighted by molar-refractivity contribution is -0.115. The van der Waals surface area contributed by atoms with Crippen LogP contribution in [0.1, 0.15) is 33.6 Å². The van der Waals surface area contributed by atoms with Gasteiger partial charge in [-0.2, -0.15) is 0 Å². The van der Waals surface area contributed by atoms with Crippen LogP contribution in [0, 0.1) is 11.8 Å². The fourth-order valence-electron chi connectivity index (χ4n) is 2.12. The lowest BCUT2D eigenvalue weighted by Gasteiger charge is -2.27. The Kier molecular flexibility index (Phi) is 4.88. The summed E-state index contributed by atoms with van der Waals surface area (Å²) in [5.74, 6) is 0.701. The van der Waals surface area contributed by atoms with Gasteiger partial charge in [-0.25, -0.2) is 0 Å². The third-order valence-electron chi connectivity index (χ3n) is 3.18. The van der Waals surface area contributed by atoms with Crippen LogP contribution in [0.2, 0.25) is 0 Å². The molecule has 1 aliphatic rings. The Morgan fingerprint density at radius 1 is 1.65 bits per heavy atom. The second-order valence-corrected chi connectivity index (χ2v) is 5.22. The van der Waals surface area contributed by atoms with Gasteiger partial charge in [0.25, 0.3) is 0 Å². The van der Waals surface area contributed by atoms with E-state index in [-0.39, 0.29) is 17.6 Å². The molecule has 2 unspecified atom stereocenters. The Balaban J connectivity index is 2.57. The van der Waals surface area contributed by atoms with E-state index in [1.54, 1.807) is 6.08 Å². The van der Waals surface area contributed by atoms with Crippen LogP contribution in [0.3, 0.4) is 0 Å². The minimum Gasteiger partial charge on any atom is -0.388 e. The molecule has 1 aliphatic carbocycles. The number of carbonyl (C=O) groups is 1. The number of carbonyl (C=O) groups excluding carboxylic acids is 1. The maximum Gasteiger partial charge on any atom is 0.155 e. The van der Waals surface area contributed by atoms with Gasteiger partial charge in [-0.15, -0.1) is 0 Å². The molecule has 0 radical (unpaired) electrons. The van der Waals surface area contributed by atoms with E-state index < -0.39 is 6.10 Å². The number of ketones is 1. The van der Waals surface area contributed by atoms with Gasteiger partial charge >= 0.3 is 0 Å². The van der Waals surface area contributed by atoms with Crippen LogP contribution in [-0.2, 0) is 4.79 Å². The zero-order valence-electron chi connectivity index (χ0n) is 10.9. The van der Waals surface area contributed by atoms with Crippen molar-refractivity contribution < 1.29 is 9.90 Å². The lowest BCUT2D eigenvalue weighted by atomic mass is 9.80. The van der Waals surface area contributed by atoms with E-state index in [2.05, 4.69) is 19.6 Å². The summed E-state index contributed by atoms with van der Waals surface area (Å²) in [5, 5.41) is 9.73. The van der Waals surface area contributed by atoms with Gasteiger partial charge in [-0.3, -0.25) is 4.79 Å². The van der Waals surface area contributed by atoms with Crippen molar-refractivity contribution in [3.05, 3.63) is 36.0 Å². The monoisotopic (exact) mass is 234 g/mol. The van der Waals surface area contributed by atoms with Gasteiger partial charge < -0.3 is 5.11 Å². The van der Waals surface area contributed by atoms with Gasteiger partial charge in [0.15, 0.2) is 5.78 Å². The molecule has 1 N–H and O–H groups in total. The first-order valence-corrected chi connectivity index (χ1v) is 6.13. The van der Waals surface area contributed by atoms with E-state index in [1.165, 1.54) is 0 Å². The number of aliphatic hydroxyl groups is 1. The summed E-state index contributed by atoms with van der Waals surface area (Å²) < 4.78 is 0. The average Bonchev–Trinajstić information content (AvgIpc) is 2.20. The summed E-state index contributed by atoms with van der Waals surface area (Å²) in [4.78, 5) is 11.7. The molecule has 3 atom stereocenters. The summed E-state index contributed by atoms with van der Waals surface area (Å²) in [6.45, 7) is 9.69. The Labute approximate surface area is 104 Å². The highest BCUT2D eigenvalue weighted by Crippen LogP contribution is 2.29. The Hall–Kier alpha value is -1.15. The maximum atomic E-state index is 11.7. The largest absolute Gasteiger partial charge is 0.388 e. The molecule has 0 aromatic heterocycles.